The van der Waals surface area contributed by atoms with Crippen LogP contribution in [-0.2, 0) is 10.6 Å². The van der Waals surface area contributed by atoms with E-state index in [9.17, 15) is 4.79 Å². The van der Waals surface area contributed by atoms with Crippen LogP contribution in [0.2, 0.25) is 5.02 Å². The van der Waals surface area contributed by atoms with Crippen molar-refractivity contribution in [1.29, 1.82) is 0 Å². The lowest BCUT2D eigenvalue weighted by molar-refractivity contribution is 0.0599. The highest BCUT2D eigenvalue weighted by atomic mass is 79.9. The normalized spacial score (nSPS) is 10.0. The van der Waals surface area contributed by atoms with Gasteiger partial charge in [-0.2, -0.15) is 0 Å². The maximum absolute atomic E-state index is 11.3. The maximum atomic E-state index is 11.3. The summed E-state index contributed by atoms with van der Waals surface area (Å²) in [5.41, 5.74) is 1.15. The van der Waals surface area contributed by atoms with Crippen molar-refractivity contribution in [2.45, 2.75) is 5.88 Å². The minimum atomic E-state index is -0.439. The van der Waals surface area contributed by atoms with Crippen molar-refractivity contribution in [3.05, 3.63) is 32.8 Å². The number of carbonyl (C=O) groups excluding carboxylic acids is 1. The van der Waals surface area contributed by atoms with Crippen molar-refractivity contribution in [2.75, 3.05) is 7.11 Å². The number of hydrogen-bond acceptors (Lipinski definition) is 2. The number of ether oxygens (including phenoxy) is 1. The summed E-state index contributed by atoms with van der Waals surface area (Å²) in [6.07, 6.45) is 0. The summed E-state index contributed by atoms with van der Waals surface area (Å²) in [5, 5.41) is 0.462. The molecule has 0 atom stereocenters. The Bertz CT molecular complexity index is 366. The molecule has 0 radical (unpaired) electrons. The second-order valence-electron chi connectivity index (χ2n) is 2.55. The van der Waals surface area contributed by atoms with Gasteiger partial charge in [-0.05, 0) is 33.6 Å². The summed E-state index contributed by atoms with van der Waals surface area (Å²) < 4.78 is 5.23. The first-order valence-corrected chi connectivity index (χ1v) is 5.43. The van der Waals surface area contributed by atoms with Crippen molar-refractivity contribution in [1.82, 2.24) is 0 Å². The van der Waals surface area contributed by atoms with Crippen LogP contribution in [0.1, 0.15) is 15.9 Å². The summed E-state index contributed by atoms with van der Waals surface area (Å²) in [5.74, 6) is -0.156. The molecule has 0 spiro atoms. The zero-order valence-corrected chi connectivity index (χ0v) is 10.4. The maximum Gasteiger partial charge on any atom is 0.339 e. The fourth-order valence-corrected chi connectivity index (χ4v) is 2.15. The van der Waals surface area contributed by atoms with Gasteiger partial charge in [0.25, 0.3) is 0 Å². The lowest BCUT2D eigenvalue weighted by Crippen LogP contribution is -2.03. The van der Waals surface area contributed by atoms with Crippen molar-refractivity contribution in [3.8, 4) is 0 Å². The number of hydrogen-bond donors (Lipinski definition) is 0. The van der Waals surface area contributed by atoms with Crippen LogP contribution in [0.3, 0.4) is 0 Å². The highest BCUT2D eigenvalue weighted by Gasteiger charge is 2.14. The van der Waals surface area contributed by atoms with Gasteiger partial charge in [0, 0.05) is 15.4 Å². The minimum Gasteiger partial charge on any atom is -0.465 e. The van der Waals surface area contributed by atoms with Crippen LogP contribution in [-0.4, -0.2) is 13.1 Å². The van der Waals surface area contributed by atoms with Gasteiger partial charge in [-0.25, -0.2) is 4.79 Å². The summed E-state index contributed by atoms with van der Waals surface area (Å²) in [6, 6.07) is 3.23. The van der Waals surface area contributed by atoms with E-state index in [0.717, 1.165) is 5.56 Å². The molecule has 0 saturated carbocycles. The number of alkyl halides is 1. The number of halogens is 3. The first-order chi connectivity index (χ1) is 6.60. The Balaban J connectivity index is 3.29. The Morgan fingerprint density at radius 2 is 2.21 bits per heavy atom. The first kappa shape index (κ1) is 11.8. The molecular formula is C9H7BrCl2O2. The van der Waals surface area contributed by atoms with Crippen LogP contribution in [0.15, 0.2) is 16.6 Å². The molecule has 14 heavy (non-hydrogen) atoms. The Morgan fingerprint density at radius 1 is 1.57 bits per heavy atom. The Kier molecular flexibility index (Phi) is 4.23. The molecule has 1 rings (SSSR count). The molecule has 5 heteroatoms. The number of methoxy groups -OCH3 is 1. The van der Waals surface area contributed by atoms with E-state index in [4.69, 9.17) is 23.2 Å². The second kappa shape index (κ2) is 5.01. The fraction of sp³-hybridized carbons (Fsp3) is 0.222. The van der Waals surface area contributed by atoms with Gasteiger partial charge < -0.3 is 4.74 Å². The van der Waals surface area contributed by atoms with E-state index in [2.05, 4.69) is 20.7 Å². The number of benzene rings is 1. The highest BCUT2D eigenvalue weighted by molar-refractivity contribution is 9.10. The van der Waals surface area contributed by atoms with Gasteiger partial charge in [-0.1, -0.05) is 11.6 Å². The third-order valence-electron chi connectivity index (χ3n) is 1.66. The monoisotopic (exact) mass is 296 g/mol. The lowest BCUT2D eigenvalue weighted by Gasteiger charge is -2.07. The minimum absolute atomic E-state index is 0.283. The Labute approximate surface area is 100 Å². The summed E-state index contributed by atoms with van der Waals surface area (Å²) in [6.45, 7) is 0. The zero-order valence-electron chi connectivity index (χ0n) is 7.31. The predicted molar refractivity (Wildman–Crippen MR) is 60.0 cm³/mol. The Hall–Kier alpha value is -0.250. The van der Waals surface area contributed by atoms with Crippen molar-refractivity contribution in [2.24, 2.45) is 0 Å². The van der Waals surface area contributed by atoms with Gasteiger partial charge in [0.05, 0.1) is 12.7 Å². The third kappa shape index (κ3) is 2.41. The zero-order chi connectivity index (χ0) is 10.7. The van der Waals surface area contributed by atoms with E-state index in [1.54, 1.807) is 6.07 Å². The van der Waals surface area contributed by atoms with Gasteiger partial charge in [0.1, 0.15) is 0 Å². The predicted octanol–water partition coefficient (Wildman–Crippen LogP) is 3.63. The molecule has 0 aliphatic heterocycles. The first-order valence-electron chi connectivity index (χ1n) is 3.72. The van der Waals surface area contributed by atoms with Crippen LogP contribution in [0.25, 0.3) is 0 Å². The molecule has 0 N–H and O–H groups in total. The average molecular weight is 298 g/mol. The molecule has 0 bridgehead atoms. The molecule has 76 valence electrons. The largest absolute Gasteiger partial charge is 0.465 e. The molecule has 2 nitrogen and oxygen atoms in total. The van der Waals surface area contributed by atoms with Crippen LogP contribution in [0.5, 0.6) is 0 Å². The third-order valence-corrected chi connectivity index (χ3v) is 3.10. The topological polar surface area (TPSA) is 26.3 Å². The van der Waals surface area contributed by atoms with Crippen LogP contribution < -0.4 is 0 Å². The summed E-state index contributed by atoms with van der Waals surface area (Å²) >= 11 is 14.8. The van der Waals surface area contributed by atoms with Gasteiger partial charge in [-0.15, -0.1) is 11.6 Å². The summed E-state index contributed by atoms with van der Waals surface area (Å²) in [7, 11) is 1.32. The second-order valence-corrected chi connectivity index (χ2v) is 4.05. The summed E-state index contributed by atoms with van der Waals surface area (Å²) in [4.78, 5) is 11.3. The van der Waals surface area contributed by atoms with E-state index < -0.39 is 5.97 Å². The average Bonchev–Trinajstić information content (AvgIpc) is 2.19. The molecule has 1 aromatic rings. The molecule has 1 aromatic carbocycles. The number of carbonyl (C=O) groups is 1. The highest BCUT2D eigenvalue weighted by Crippen LogP contribution is 2.28. The quantitative estimate of drug-likeness (QED) is 0.615. The lowest BCUT2D eigenvalue weighted by atomic mass is 10.1. The molecule has 0 unspecified atom stereocenters. The fourth-order valence-electron chi connectivity index (χ4n) is 1.00. The van der Waals surface area contributed by atoms with E-state index in [-0.39, 0.29) is 5.88 Å². The van der Waals surface area contributed by atoms with Gasteiger partial charge >= 0.3 is 5.97 Å². The Morgan fingerprint density at radius 3 is 2.71 bits per heavy atom. The molecule has 0 heterocycles. The molecule has 0 aromatic heterocycles. The van der Waals surface area contributed by atoms with Gasteiger partial charge in [0.15, 0.2) is 0 Å². The van der Waals surface area contributed by atoms with E-state index in [1.807, 2.05) is 0 Å². The van der Waals surface area contributed by atoms with Crippen LogP contribution in [0, 0.1) is 0 Å². The van der Waals surface area contributed by atoms with E-state index in [0.29, 0.717) is 15.1 Å². The molecule has 0 aliphatic rings. The van der Waals surface area contributed by atoms with Gasteiger partial charge in [0.2, 0.25) is 0 Å². The SMILES string of the molecule is COC(=O)c1cc(Cl)cc(CCl)c1Br. The molecule has 0 fully saturated rings. The van der Waals surface area contributed by atoms with Crippen LogP contribution in [0.4, 0.5) is 0 Å². The molecule has 0 aliphatic carbocycles. The standard InChI is InChI=1S/C9H7BrCl2O2/c1-14-9(13)7-3-6(12)2-5(4-11)8(7)10/h2-3H,4H2,1H3. The van der Waals surface area contributed by atoms with Gasteiger partial charge in [-0.3, -0.25) is 0 Å². The molecule has 0 amide bonds. The van der Waals surface area contributed by atoms with E-state index >= 15 is 0 Å². The number of esters is 1. The van der Waals surface area contributed by atoms with Crippen molar-refractivity contribution in [3.63, 3.8) is 0 Å². The van der Waals surface area contributed by atoms with Crippen LogP contribution >= 0.6 is 39.1 Å². The molecule has 0 saturated heterocycles. The number of rotatable bonds is 2. The smallest absolute Gasteiger partial charge is 0.339 e. The van der Waals surface area contributed by atoms with Crippen molar-refractivity contribution < 1.29 is 9.53 Å². The van der Waals surface area contributed by atoms with Crippen molar-refractivity contribution >= 4 is 45.1 Å². The molecular weight excluding hydrogens is 291 g/mol. The van der Waals surface area contributed by atoms with E-state index in [1.165, 1.54) is 13.2 Å².